The van der Waals surface area contributed by atoms with Gasteiger partial charge in [0.1, 0.15) is 10.6 Å². The second kappa shape index (κ2) is 8.35. The molecule has 0 atom stereocenters. The molecule has 7 heteroatoms. The van der Waals surface area contributed by atoms with Crippen molar-refractivity contribution in [2.75, 3.05) is 24.6 Å². The van der Waals surface area contributed by atoms with Gasteiger partial charge in [-0.2, -0.15) is 0 Å². The van der Waals surface area contributed by atoms with Gasteiger partial charge in [-0.05, 0) is 39.0 Å². The molecule has 0 aliphatic rings. The number of anilines is 1. The Kier molecular flexibility index (Phi) is 5.91. The number of aromatic nitrogens is 1. The number of nitrogens with zero attached hydrogens (tertiary/aromatic N) is 2. The molecule has 3 rings (SSSR count). The molecule has 0 radical (unpaired) electrons. The standard InChI is InChI=1S/C20H22N2O4S/c1-4-22(5-2)15-8-7-13-9-16(20(24)26-17(13)11-15)19-21-14(12-27-19)10-18(23)25-6-3/h7-9,11-12H,4-6,10H2,1-3H3. The van der Waals surface area contributed by atoms with Gasteiger partial charge in [0.15, 0.2) is 0 Å². The van der Waals surface area contributed by atoms with Crippen molar-refractivity contribution in [2.45, 2.75) is 27.2 Å². The van der Waals surface area contributed by atoms with Gasteiger partial charge in [-0.3, -0.25) is 4.79 Å². The molecule has 0 fully saturated rings. The summed E-state index contributed by atoms with van der Waals surface area (Å²) in [5.74, 6) is -0.330. The van der Waals surface area contributed by atoms with E-state index < -0.39 is 5.63 Å². The number of rotatable bonds is 7. The van der Waals surface area contributed by atoms with Crippen LogP contribution in [0.4, 0.5) is 5.69 Å². The van der Waals surface area contributed by atoms with Crippen LogP contribution in [0.2, 0.25) is 0 Å². The highest BCUT2D eigenvalue weighted by Crippen LogP contribution is 2.27. The number of thiazole rings is 1. The fraction of sp³-hybridized carbons (Fsp3) is 0.350. The largest absolute Gasteiger partial charge is 0.466 e. The first kappa shape index (κ1) is 19.1. The van der Waals surface area contributed by atoms with Gasteiger partial charge >= 0.3 is 11.6 Å². The van der Waals surface area contributed by atoms with E-state index in [1.54, 1.807) is 18.4 Å². The van der Waals surface area contributed by atoms with Crippen molar-refractivity contribution in [2.24, 2.45) is 0 Å². The first-order valence-electron chi connectivity index (χ1n) is 8.98. The van der Waals surface area contributed by atoms with E-state index in [4.69, 9.17) is 9.15 Å². The molecule has 2 aromatic heterocycles. The minimum atomic E-state index is -0.434. The Hall–Kier alpha value is -2.67. The van der Waals surface area contributed by atoms with E-state index in [0.717, 1.165) is 24.2 Å². The quantitative estimate of drug-likeness (QED) is 0.453. The lowest BCUT2D eigenvalue weighted by molar-refractivity contribution is -0.142. The fourth-order valence-electron chi connectivity index (χ4n) is 2.91. The lowest BCUT2D eigenvalue weighted by Gasteiger charge is -2.20. The molecular weight excluding hydrogens is 364 g/mol. The van der Waals surface area contributed by atoms with Crippen LogP contribution in [0.3, 0.4) is 0 Å². The summed E-state index contributed by atoms with van der Waals surface area (Å²) in [6.07, 6.45) is 0.0937. The van der Waals surface area contributed by atoms with E-state index in [-0.39, 0.29) is 12.4 Å². The van der Waals surface area contributed by atoms with Gasteiger partial charge in [0.25, 0.3) is 0 Å². The van der Waals surface area contributed by atoms with Gasteiger partial charge in [-0.25, -0.2) is 9.78 Å². The van der Waals surface area contributed by atoms with Crippen LogP contribution in [0.15, 0.2) is 38.9 Å². The van der Waals surface area contributed by atoms with Crippen LogP contribution < -0.4 is 10.5 Å². The van der Waals surface area contributed by atoms with Crippen molar-refractivity contribution < 1.29 is 13.9 Å². The summed E-state index contributed by atoms with van der Waals surface area (Å²) < 4.78 is 10.5. The second-order valence-corrected chi connectivity index (χ2v) is 6.83. The Morgan fingerprint density at radius 2 is 2.00 bits per heavy atom. The maximum absolute atomic E-state index is 12.5. The third-order valence-corrected chi connectivity index (χ3v) is 5.19. The predicted octanol–water partition coefficient (Wildman–Crippen LogP) is 3.87. The molecule has 142 valence electrons. The monoisotopic (exact) mass is 386 g/mol. The van der Waals surface area contributed by atoms with E-state index >= 15 is 0 Å². The molecule has 0 amide bonds. The summed E-state index contributed by atoms with van der Waals surface area (Å²) in [5.41, 5.74) is 2.13. The van der Waals surface area contributed by atoms with Crippen LogP contribution in [0.5, 0.6) is 0 Å². The van der Waals surface area contributed by atoms with Gasteiger partial charge in [0, 0.05) is 35.6 Å². The predicted molar refractivity (Wildman–Crippen MR) is 107 cm³/mol. The van der Waals surface area contributed by atoms with Gasteiger partial charge < -0.3 is 14.1 Å². The van der Waals surface area contributed by atoms with Crippen molar-refractivity contribution in [1.29, 1.82) is 0 Å². The number of benzene rings is 1. The van der Waals surface area contributed by atoms with Gasteiger partial charge in [-0.15, -0.1) is 11.3 Å². The molecule has 0 saturated carbocycles. The van der Waals surface area contributed by atoms with E-state index in [9.17, 15) is 9.59 Å². The molecule has 1 aromatic carbocycles. The van der Waals surface area contributed by atoms with Crippen molar-refractivity contribution in [1.82, 2.24) is 4.98 Å². The lowest BCUT2D eigenvalue weighted by Crippen LogP contribution is -2.21. The molecule has 0 N–H and O–H groups in total. The SMILES string of the molecule is CCOC(=O)Cc1csc(-c2cc3ccc(N(CC)CC)cc3oc2=O)n1. The van der Waals surface area contributed by atoms with Crippen molar-refractivity contribution in [3.05, 3.63) is 45.8 Å². The lowest BCUT2D eigenvalue weighted by atomic mass is 10.1. The third kappa shape index (κ3) is 4.19. The summed E-state index contributed by atoms with van der Waals surface area (Å²) in [4.78, 5) is 30.7. The first-order chi connectivity index (χ1) is 13.0. The normalized spacial score (nSPS) is 10.9. The molecule has 2 heterocycles. The van der Waals surface area contributed by atoms with Gasteiger partial charge in [0.2, 0.25) is 0 Å². The Morgan fingerprint density at radius 3 is 2.70 bits per heavy atom. The molecule has 0 spiro atoms. The number of carbonyl (C=O) groups is 1. The fourth-order valence-corrected chi connectivity index (χ4v) is 3.73. The topological polar surface area (TPSA) is 72.6 Å². The third-order valence-electron chi connectivity index (χ3n) is 4.26. The zero-order valence-electron chi connectivity index (χ0n) is 15.7. The summed E-state index contributed by atoms with van der Waals surface area (Å²) >= 11 is 1.31. The average Bonchev–Trinajstić information content (AvgIpc) is 3.10. The van der Waals surface area contributed by atoms with E-state index in [2.05, 4.69) is 23.7 Å². The second-order valence-electron chi connectivity index (χ2n) is 5.97. The van der Waals surface area contributed by atoms with Crippen LogP contribution in [-0.4, -0.2) is 30.6 Å². The maximum atomic E-state index is 12.5. The Balaban J connectivity index is 1.93. The highest BCUT2D eigenvalue weighted by atomic mass is 32.1. The van der Waals surface area contributed by atoms with Crippen molar-refractivity contribution in [3.63, 3.8) is 0 Å². The zero-order valence-corrected chi connectivity index (χ0v) is 16.5. The van der Waals surface area contributed by atoms with Crippen LogP contribution in [0.1, 0.15) is 26.5 Å². The Bertz CT molecular complexity index is 1000. The molecule has 3 aromatic rings. The number of esters is 1. The molecular formula is C20H22N2O4S. The smallest absolute Gasteiger partial charge is 0.346 e. The summed E-state index contributed by atoms with van der Waals surface area (Å²) in [6.45, 7) is 8.03. The van der Waals surface area contributed by atoms with Crippen molar-refractivity contribution >= 4 is 34.0 Å². The highest BCUT2D eigenvalue weighted by molar-refractivity contribution is 7.13. The molecule has 0 aliphatic heterocycles. The molecule has 0 bridgehead atoms. The number of hydrogen-bond acceptors (Lipinski definition) is 7. The van der Waals surface area contributed by atoms with Crippen LogP contribution in [0.25, 0.3) is 21.5 Å². The van der Waals surface area contributed by atoms with E-state index in [1.807, 2.05) is 18.2 Å². The van der Waals surface area contributed by atoms with Gasteiger partial charge in [0.05, 0.1) is 24.3 Å². The maximum Gasteiger partial charge on any atom is 0.346 e. The molecule has 0 saturated heterocycles. The Labute approximate surface area is 161 Å². The molecule has 6 nitrogen and oxygen atoms in total. The number of carbonyl (C=O) groups excluding carboxylic acids is 1. The average molecular weight is 386 g/mol. The van der Waals surface area contributed by atoms with Crippen LogP contribution in [-0.2, 0) is 16.0 Å². The summed E-state index contributed by atoms with van der Waals surface area (Å²) in [6, 6.07) is 7.65. The summed E-state index contributed by atoms with van der Waals surface area (Å²) in [7, 11) is 0. The number of ether oxygens (including phenoxy) is 1. The minimum Gasteiger partial charge on any atom is -0.466 e. The number of hydrogen-bond donors (Lipinski definition) is 0. The summed E-state index contributed by atoms with van der Waals surface area (Å²) in [5, 5.41) is 3.14. The molecule has 27 heavy (non-hydrogen) atoms. The molecule has 0 unspecified atom stereocenters. The van der Waals surface area contributed by atoms with Crippen LogP contribution in [0, 0.1) is 0 Å². The van der Waals surface area contributed by atoms with E-state index in [0.29, 0.717) is 28.5 Å². The van der Waals surface area contributed by atoms with Crippen LogP contribution >= 0.6 is 11.3 Å². The van der Waals surface area contributed by atoms with E-state index in [1.165, 1.54) is 11.3 Å². The van der Waals surface area contributed by atoms with Gasteiger partial charge in [-0.1, -0.05) is 0 Å². The molecule has 0 aliphatic carbocycles. The minimum absolute atomic E-state index is 0.0937. The Morgan fingerprint density at radius 1 is 1.22 bits per heavy atom. The number of fused-ring (bicyclic) bond motifs is 1. The highest BCUT2D eigenvalue weighted by Gasteiger charge is 2.15. The zero-order chi connectivity index (χ0) is 19.4. The van der Waals surface area contributed by atoms with Crippen molar-refractivity contribution in [3.8, 4) is 10.6 Å². The first-order valence-corrected chi connectivity index (χ1v) is 9.86.